The molecule has 1 N–H and O–H groups in total. The maximum Gasteiger partial charge on any atom is 0.690 e. The lowest BCUT2D eigenvalue weighted by Gasteiger charge is -2.05. The second-order valence-electron chi connectivity index (χ2n) is 2.20. The van der Waals surface area contributed by atoms with E-state index in [0.717, 1.165) is 0 Å². The van der Waals surface area contributed by atoms with Gasteiger partial charge in [0.1, 0.15) is 0 Å². The Hall–Kier alpha value is -0.0200. The maximum absolute atomic E-state index is 8.40. The van der Waals surface area contributed by atoms with Crippen LogP contribution in [-0.2, 0) is 16.2 Å². The molecule has 2 nitrogen and oxygen atoms in total. The zero-order valence-electron chi connectivity index (χ0n) is 5.51. The normalized spacial score (nSPS) is 17.4. The van der Waals surface area contributed by atoms with E-state index in [2.05, 4.69) is 0 Å². The minimum Gasteiger partial charge on any atom is -0.0737 e. The second-order valence-corrected chi connectivity index (χ2v) is 2.34. The van der Waals surface area contributed by atoms with Crippen LogP contribution in [0.3, 0.4) is 0 Å². The van der Waals surface area contributed by atoms with Gasteiger partial charge in [-0.25, -0.2) is 0 Å². The molecule has 0 spiro atoms. The van der Waals surface area contributed by atoms with Crippen LogP contribution in [0.5, 0.6) is 0 Å². The fourth-order valence-electron chi connectivity index (χ4n) is 1.06. The van der Waals surface area contributed by atoms with Gasteiger partial charge in [0, 0.05) is 0 Å². The van der Waals surface area contributed by atoms with Crippen molar-refractivity contribution in [2.75, 3.05) is 0 Å². The van der Waals surface area contributed by atoms with Crippen LogP contribution in [0.25, 0.3) is 0 Å². The SMILES string of the molecule is C1CCCCC1.O=[S+]O. The summed E-state index contributed by atoms with van der Waals surface area (Å²) in [4.78, 5) is 0. The van der Waals surface area contributed by atoms with Gasteiger partial charge in [0.2, 0.25) is 0 Å². The maximum atomic E-state index is 8.40. The van der Waals surface area contributed by atoms with Crippen LogP contribution in [0.2, 0.25) is 0 Å². The van der Waals surface area contributed by atoms with Crippen molar-refractivity contribution >= 4 is 11.9 Å². The topological polar surface area (TPSA) is 37.3 Å². The highest BCUT2D eigenvalue weighted by Crippen LogP contribution is 2.15. The molecule has 0 aromatic carbocycles. The van der Waals surface area contributed by atoms with E-state index < -0.39 is 11.9 Å². The van der Waals surface area contributed by atoms with Gasteiger partial charge in [-0.3, -0.25) is 0 Å². The van der Waals surface area contributed by atoms with Crippen LogP contribution in [0.15, 0.2) is 0 Å². The van der Waals surface area contributed by atoms with Gasteiger partial charge in [0.05, 0.1) is 4.21 Å². The van der Waals surface area contributed by atoms with Crippen molar-refractivity contribution in [3.05, 3.63) is 0 Å². The first-order valence-electron chi connectivity index (χ1n) is 3.35. The first-order valence-corrected chi connectivity index (χ1v) is 4.05. The Bertz CT molecular complexity index is 50.6. The minimum atomic E-state index is -0.500. The first-order chi connectivity index (χ1) is 4.41. The molecule has 9 heavy (non-hydrogen) atoms. The highest BCUT2D eigenvalue weighted by Gasteiger charge is 1.95. The molecule has 3 heteroatoms. The van der Waals surface area contributed by atoms with Crippen LogP contribution in [0.4, 0.5) is 0 Å². The van der Waals surface area contributed by atoms with Crippen LogP contribution in [0.1, 0.15) is 38.5 Å². The average molecular weight is 149 g/mol. The van der Waals surface area contributed by atoms with E-state index >= 15 is 0 Å². The molecule has 1 aliphatic carbocycles. The summed E-state index contributed by atoms with van der Waals surface area (Å²) in [6.07, 6.45) is 9.00. The lowest BCUT2D eigenvalue weighted by molar-refractivity contribution is 0.504. The molecule has 54 valence electrons. The number of rotatable bonds is 0. The summed E-state index contributed by atoms with van der Waals surface area (Å²) in [5, 5.41) is 0. The predicted molar refractivity (Wildman–Crippen MR) is 38.4 cm³/mol. The zero-order chi connectivity index (χ0) is 6.95. The summed E-state index contributed by atoms with van der Waals surface area (Å²) >= 11 is -0.500. The van der Waals surface area contributed by atoms with Crippen LogP contribution in [-0.4, -0.2) is 4.55 Å². The summed E-state index contributed by atoms with van der Waals surface area (Å²) in [5.74, 6) is 0. The summed E-state index contributed by atoms with van der Waals surface area (Å²) in [6, 6.07) is 0. The molecule has 1 rings (SSSR count). The van der Waals surface area contributed by atoms with Gasteiger partial charge < -0.3 is 0 Å². The Labute approximate surface area is 60.0 Å². The van der Waals surface area contributed by atoms with Crippen LogP contribution < -0.4 is 0 Å². The third-order valence-corrected chi connectivity index (χ3v) is 1.50. The highest BCUT2D eigenvalue weighted by molar-refractivity contribution is 7.59. The van der Waals surface area contributed by atoms with Crippen molar-refractivity contribution in [1.82, 2.24) is 0 Å². The largest absolute Gasteiger partial charge is 0.690 e. The molecule has 0 aromatic heterocycles. The van der Waals surface area contributed by atoms with E-state index in [4.69, 9.17) is 8.76 Å². The van der Waals surface area contributed by atoms with Crippen molar-refractivity contribution in [2.45, 2.75) is 38.5 Å². The van der Waals surface area contributed by atoms with E-state index in [0.29, 0.717) is 0 Å². The Morgan fingerprint density at radius 2 is 1.00 bits per heavy atom. The highest BCUT2D eigenvalue weighted by atomic mass is 32.2. The van der Waals surface area contributed by atoms with Gasteiger partial charge in [-0.2, -0.15) is 0 Å². The van der Waals surface area contributed by atoms with E-state index in [1.807, 2.05) is 0 Å². The van der Waals surface area contributed by atoms with Gasteiger partial charge in [-0.15, -0.1) is 0 Å². The summed E-state index contributed by atoms with van der Waals surface area (Å²) in [6.45, 7) is 0. The minimum absolute atomic E-state index is 0.500. The fraction of sp³-hybridized carbons (Fsp3) is 1.00. The van der Waals surface area contributed by atoms with Crippen LogP contribution in [0, 0.1) is 0 Å². The van der Waals surface area contributed by atoms with Crippen molar-refractivity contribution in [1.29, 1.82) is 0 Å². The van der Waals surface area contributed by atoms with Crippen molar-refractivity contribution in [2.24, 2.45) is 0 Å². The quantitative estimate of drug-likeness (QED) is 0.423. The summed E-state index contributed by atoms with van der Waals surface area (Å²) in [5.41, 5.74) is 0. The average Bonchev–Trinajstić information content (AvgIpc) is 1.93. The lowest BCUT2D eigenvalue weighted by Crippen LogP contribution is -1.85. The lowest BCUT2D eigenvalue weighted by atomic mass is 10.0. The van der Waals surface area contributed by atoms with Crippen molar-refractivity contribution in [3.63, 3.8) is 0 Å². The third-order valence-electron chi connectivity index (χ3n) is 1.50. The Kier molecular flexibility index (Phi) is 7.96. The van der Waals surface area contributed by atoms with Gasteiger partial charge in [-0.1, -0.05) is 43.1 Å². The summed E-state index contributed by atoms with van der Waals surface area (Å²) in [7, 11) is 0. The molecule has 0 bridgehead atoms. The van der Waals surface area contributed by atoms with Crippen molar-refractivity contribution < 1.29 is 8.76 Å². The number of hydrogen-bond donors (Lipinski definition) is 1. The molecular weight excluding hydrogens is 136 g/mol. The van der Waals surface area contributed by atoms with E-state index in [9.17, 15) is 0 Å². The third kappa shape index (κ3) is 7.98. The fourth-order valence-corrected chi connectivity index (χ4v) is 1.06. The Morgan fingerprint density at radius 3 is 1.11 bits per heavy atom. The Morgan fingerprint density at radius 1 is 0.889 bits per heavy atom. The smallest absolute Gasteiger partial charge is 0.0737 e. The second kappa shape index (κ2) is 7.98. The first kappa shape index (κ1) is 8.98. The molecule has 0 aliphatic heterocycles. The van der Waals surface area contributed by atoms with Crippen LogP contribution >= 0.6 is 0 Å². The summed E-state index contributed by atoms with van der Waals surface area (Å²) < 4.78 is 15.3. The molecule has 0 heterocycles. The standard InChI is InChI=1S/C6H12.O2S/c1-2-4-6-5-3-1;1-3-2/h1-6H2;/p+1. The molecule has 0 amide bonds. The predicted octanol–water partition coefficient (Wildman–Crippen LogP) is 2.23. The zero-order valence-corrected chi connectivity index (χ0v) is 6.32. The van der Waals surface area contributed by atoms with Crippen molar-refractivity contribution in [3.8, 4) is 0 Å². The van der Waals surface area contributed by atoms with Gasteiger partial charge in [0.25, 0.3) is 0 Å². The van der Waals surface area contributed by atoms with Gasteiger partial charge in [0.15, 0.2) is 0 Å². The van der Waals surface area contributed by atoms with Gasteiger partial charge in [-0.05, 0) is 0 Å². The van der Waals surface area contributed by atoms with E-state index in [1.54, 1.807) is 0 Å². The molecule has 0 aromatic rings. The molecule has 0 unspecified atom stereocenters. The molecule has 0 saturated heterocycles. The Balaban J connectivity index is 0.000000187. The molecular formula is C6H13O2S+. The van der Waals surface area contributed by atoms with E-state index in [1.165, 1.54) is 38.5 Å². The molecule has 1 fully saturated rings. The molecule has 0 radical (unpaired) electrons. The van der Waals surface area contributed by atoms with Gasteiger partial charge >= 0.3 is 11.9 Å². The number of hydrogen-bond acceptors (Lipinski definition) is 1. The van der Waals surface area contributed by atoms with E-state index in [-0.39, 0.29) is 0 Å². The molecule has 1 saturated carbocycles. The molecule has 1 aliphatic rings. The monoisotopic (exact) mass is 149 g/mol. The molecule has 0 atom stereocenters.